The van der Waals surface area contributed by atoms with E-state index in [1.807, 2.05) is 48.1 Å². The molecule has 1 fully saturated rings. The first-order valence-corrected chi connectivity index (χ1v) is 14.2. The van der Waals surface area contributed by atoms with Crippen LogP contribution in [0.1, 0.15) is 46.3 Å². The third kappa shape index (κ3) is 5.41. The van der Waals surface area contributed by atoms with Crippen LogP contribution in [0, 0.1) is 11.8 Å². The standard InChI is InChI=1S/C34H36N2O4/c1-35-13-12-31(37)28-9-8-25(17-30(28)35)22-40-33-19-26-18-27(34(38)29(26)20-32(33)39-2)16-23-10-14-36(15-11-23)21-24-6-4-3-5-7-24/h3-9,12-13,17,19-20,23,27H,10-11,14-16,18,21-22H2,1-2H3/p+1. The molecule has 0 bridgehead atoms. The summed E-state index contributed by atoms with van der Waals surface area (Å²) in [5, 5.41) is 11.0. The van der Waals surface area contributed by atoms with Gasteiger partial charge in [-0.2, -0.15) is 0 Å². The lowest BCUT2D eigenvalue weighted by Crippen LogP contribution is -2.34. The van der Waals surface area contributed by atoms with E-state index in [4.69, 9.17) is 9.47 Å². The van der Waals surface area contributed by atoms with Gasteiger partial charge < -0.3 is 14.6 Å². The number of piperidine rings is 1. The Balaban J connectivity index is 1.09. The number of likely N-dealkylation sites (tertiary alicyclic amines) is 1. The van der Waals surface area contributed by atoms with Crippen molar-refractivity contribution >= 4 is 16.7 Å². The number of ether oxygens (including phenoxy) is 2. The van der Waals surface area contributed by atoms with Crippen LogP contribution in [0.3, 0.4) is 0 Å². The molecule has 1 saturated heterocycles. The molecule has 6 heteroatoms. The van der Waals surface area contributed by atoms with Gasteiger partial charge >= 0.3 is 0 Å². The minimum Gasteiger partial charge on any atom is -0.507 e. The van der Waals surface area contributed by atoms with Crippen LogP contribution in [0.4, 0.5) is 0 Å². The molecule has 6 nitrogen and oxygen atoms in total. The highest BCUT2D eigenvalue weighted by molar-refractivity contribution is 6.03. The number of hydrogen-bond acceptors (Lipinski definition) is 5. The van der Waals surface area contributed by atoms with Crippen molar-refractivity contribution in [3.63, 3.8) is 0 Å². The summed E-state index contributed by atoms with van der Waals surface area (Å²) >= 11 is 0. The van der Waals surface area contributed by atoms with E-state index < -0.39 is 0 Å². The zero-order valence-electron chi connectivity index (χ0n) is 23.3. The fraction of sp³-hybridized carbons (Fsp3) is 0.353. The fourth-order valence-electron chi connectivity index (χ4n) is 6.35. The SMILES string of the molecule is COc1cc2c(cc1OCc1ccc3c(O)cc[n+](C)c3c1)CC(CC1CCN(Cc3ccccc3)CC1)C2=O. The molecule has 4 aromatic rings. The minimum absolute atomic E-state index is 0.0359. The third-order valence-electron chi connectivity index (χ3n) is 8.63. The van der Waals surface area contributed by atoms with Crippen molar-refractivity contribution in [2.45, 2.75) is 38.8 Å². The van der Waals surface area contributed by atoms with Crippen LogP contribution in [-0.4, -0.2) is 36.0 Å². The molecule has 1 atom stereocenters. The lowest BCUT2D eigenvalue weighted by molar-refractivity contribution is -0.644. The number of aryl methyl sites for hydroxylation is 1. The van der Waals surface area contributed by atoms with Crippen molar-refractivity contribution in [1.82, 2.24) is 4.90 Å². The summed E-state index contributed by atoms with van der Waals surface area (Å²) in [5.74, 6) is 2.37. The van der Waals surface area contributed by atoms with Crippen molar-refractivity contribution in [3.8, 4) is 17.2 Å². The maximum absolute atomic E-state index is 13.4. The highest BCUT2D eigenvalue weighted by Crippen LogP contribution is 2.40. The van der Waals surface area contributed by atoms with Gasteiger partial charge in [-0.05, 0) is 79.6 Å². The highest BCUT2D eigenvalue weighted by atomic mass is 16.5. The molecular formula is C34H37N2O4+. The molecular weight excluding hydrogens is 500 g/mol. The molecule has 2 aliphatic rings. The number of pyridine rings is 1. The first-order chi connectivity index (χ1) is 19.5. The first kappa shape index (κ1) is 26.3. The number of Topliss-reactive ketones (excluding diaryl/α,β-unsaturated/α-hetero) is 1. The van der Waals surface area contributed by atoms with Crippen LogP contribution < -0.4 is 14.0 Å². The Morgan fingerprint density at radius 3 is 2.55 bits per heavy atom. The number of aromatic nitrogens is 1. The van der Waals surface area contributed by atoms with E-state index in [9.17, 15) is 9.90 Å². The second-order valence-corrected chi connectivity index (χ2v) is 11.3. The number of methoxy groups -OCH3 is 1. The number of nitrogens with zero attached hydrogens (tertiary/aromatic N) is 2. The number of ketones is 1. The predicted molar refractivity (Wildman–Crippen MR) is 155 cm³/mol. The minimum atomic E-state index is 0.0359. The van der Waals surface area contributed by atoms with Gasteiger partial charge in [0.2, 0.25) is 5.52 Å². The van der Waals surface area contributed by atoms with Gasteiger partial charge in [0.05, 0.1) is 12.5 Å². The van der Waals surface area contributed by atoms with Crippen LogP contribution in [0.25, 0.3) is 10.9 Å². The lowest BCUT2D eigenvalue weighted by Gasteiger charge is -2.32. The quantitative estimate of drug-likeness (QED) is 0.296. The Morgan fingerprint density at radius 2 is 1.77 bits per heavy atom. The zero-order chi connectivity index (χ0) is 27.6. The van der Waals surface area contributed by atoms with Gasteiger partial charge in [-0.25, -0.2) is 4.57 Å². The Bertz CT molecular complexity index is 1530. The average molecular weight is 538 g/mol. The first-order valence-electron chi connectivity index (χ1n) is 14.2. The van der Waals surface area contributed by atoms with Crippen molar-refractivity contribution in [2.75, 3.05) is 20.2 Å². The van der Waals surface area contributed by atoms with E-state index >= 15 is 0 Å². The summed E-state index contributed by atoms with van der Waals surface area (Å²) in [5.41, 5.74) is 5.12. The molecule has 0 radical (unpaired) electrons. The smallest absolute Gasteiger partial charge is 0.216 e. The van der Waals surface area contributed by atoms with Crippen LogP contribution >= 0.6 is 0 Å². The van der Waals surface area contributed by atoms with E-state index in [1.54, 1.807) is 13.2 Å². The molecule has 1 N–H and O–H groups in total. The van der Waals surface area contributed by atoms with Crippen molar-refractivity contribution in [3.05, 3.63) is 95.2 Å². The third-order valence-corrected chi connectivity index (χ3v) is 8.63. The summed E-state index contributed by atoms with van der Waals surface area (Å²) in [4.78, 5) is 15.9. The number of carbonyl (C=O) groups excluding carboxylic acids is 1. The highest BCUT2D eigenvalue weighted by Gasteiger charge is 2.34. The zero-order valence-corrected chi connectivity index (χ0v) is 23.3. The molecule has 1 aliphatic heterocycles. The van der Waals surface area contributed by atoms with E-state index in [0.29, 0.717) is 24.0 Å². The normalized spacial score (nSPS) is 17.8. The fourth-order valence-corrected chi connectivity index (χ4v) is 6.35. The van der Waals surface area contributed by atoms with Crippen LogP contribution in [0.15, 0.2) is 72.9 Å². The van der Waals surface area contributed by atoms with E-state index in [1.165, 1.54) is 5.56 Å². The van der Waals surface area contributed by atoms with Crippen LogP contribution in [-0.2, 0) is 26.6 Å². The lowest BCUT2D eigenvalue weighted by atomic mass is 9.85. The Labute approximate surface area is 235 Å². The molecule has 0 amide bonds. The summed E-state index contributed by atoms with van der Waals surface area (Å²) < 4.78 is 13.8. The van der Waals surface area contributed by atoms with Crippen molar-refractivity contribution < 1.29 is 23.9 Å². The number of rotatable bonds is 8. The van der Waals surface area contributed by atoms with Crippen molar-refractivity contribution in [2.24, 2.45) is 18.9 Å². The Kier molecular flexibility index (Phi) is 7.44. The van der Waals surface area contributed by atoms with E-state index in [2.05, 4.69) is 35.2 Å². The summed E-state index contributed by atoms with van der Waals surface area (Å²) in [7, 11) is 3.57. The molecule has 1 aliphatic carbocycles. The van der Waals surface area contributed by atoms with Gasteiger partial charge in [-0.1, -0.05) is 36.4 Å². The van der Waals surface area contributed by atoms with Gasteiger partial charge in [0, 0.05) is 30.2 Å². The molecule has 206 valence electrons. The number of benzene rings is 3. The van der Waals surface area contributed by atoms with Gasteiger partial charge in [0.15, 0.2) is 23.5 Å². The molecule has 0 saturated carbocycles. The molecule has 1 unspecified atom stereocenters. The Morgan fingerprint density at radius 1 is 0.975 bits per heavy atom. The molecule has 3 aromatic carbocycles. The molecule has 1 aromatic heterocycles. The monoisotopic (exact) mass is 537 g/mol. The number of hydrogen-bond donors (Lipinski definition) is 1. The number of fused-ring (bicyclic) bond motifs is 2. The summed E-state index contributed by atoms with van der Waals surface area (Å²) in [6.07, 6.45) is 5.85. The second kappa shape index (κ2) is 11.3. The predicted octanol–water partition coefficient (Wildman–Crippen LogP) is 5.61. The maximum Gasteiger partial charge on any atom is 0.216 e. The van der Waals surface area contributed by atoms with Gasteiger partial charge in [-0.3, -0.25) is 9.69 Å². The summed E-state index contributed by atoms with van der Waals surface area (Å²) in [6, 6.07) is 22.1. The number of aromatic hydroxyl groups is 1. The van der Waals surface area contributed by atoms with Crippen LogP contribution in [0.2, 0.25) is 0 Å². The van der Waals surface area contributed by atoms with E-state index in [-0.39, 0.29) is 17.5 Å². The average Bonchev–Trinajstić information content (AvgIpc) is 3.28. The van der Waals surface area contributed by atoms with E-state index in [0.717, 1.165) is 72.9 Å². The Hall–Kier alpha value is -3.90. The van der Waals surface area contributed by atoms with Crippen molar-refractivity contribution in [1.29, 1.82) is 0 Å². The van der Waals surface area contributed by atoms with Gasteiger partial charge in [0.1, 0.15) is 19.4 Å². The maximum atomic E-state index is 13.4. The van der Waals surface area contributed by atoms with Crippen LogP contribution in [0.5, 0.6) is 17.2 Å². The molecule has 0 spiro atoms. The second-order valence-electron chi connectivity index (χ2n) is 11.3. The number of carbonyl (C=O) groups is 1. The summed E-state index contributed by atoms with van der Waals surface area (Å²) in [6.45, 7) is 3.54. The van der Waals surface area contributed by atoms with Gasteiger partial charge in [0.25, 0.3) is 0 Å². The topological polar surface area (TPSA) is 62.9 Å². The largest absolute Gasteiger partial charge is 0.507 e. The molecule has 2 heterocycles. The molecule has 40 heavy (non-hydrogen) atoms. The van der Waals surface area contributed by atoms with Gasteiger partial charge in [-0.15, -0.1) is 0 Å². The molecule has 6 rings (SSSR count).